The number of likely N-dealkylation sites (tertiary alicyclic amines) is 1. The number of benzene rings is 2. The van der Waals surface area contributed by atoms with E-state index >= 15 is 0 Å². The zero-order chi connectivity index (χ0) is 22.9. The number of nitrogens with zero attached hydrogens (tertiary/aromatic N) is 2. The molecule has 1 amide bonds. The standard InChI is InChI=1S/C26H33N3O2S/c1-5-27-26(32-19(3)25(30)28-18-23-8-7-17-29(23)6-2)22-11-9-20(10-12-22)21-13-15-24(31-4)16-14-21/h9-16,23H,3,5-8,17-18H2,1-2,4H3,(H,28,30). The zero-order valence-electron chi connectivity index (χ0n) is 19.3. The van der Waals surface area contributed by atoms with Crippen LogP contribution < -0.4 is 10.1 Å². The van der Waals surface area contributed by atoms with Gasteiger partial charge in [0.1, 0.15) is 10.8 Å². The fourth-order valence-electron chi connectivity index (χ4n) is 3.93. The van der Waals surface area contributed by atoms with Gasteiger partial charge in [0, 0.05) is 24.7 Å². The molecule has 2 aromatic rings. The highest BCUT2D eigenvalue weighted by Gasteiger charge is 2.23. The number of carbonyl (C=O) groups excluding carboxylic acids is 1. The normalized spacial score (nSPS) is 16.7. The predicted molar refractivity (Wildman–Crippen MR) is 136 cm³/mol. The van der Waals surface area contributed by atoms with Crippen LogP contribution in [-0.4, -0.2) is 55.2 Å². The molecular formula is C26H33N3O2S. The van der Waals surface area contributed by atoms with Crippen molar-refractivity contribution >= 4 is 22.7 Å². The van der Waals surface area contributed by atoms with Gasteiger partial charge in [-0.1, -0.05) is 61.7 Å². The molecule has 0 radical (unpaired) electrons. The summed E-state index contributed by atoms with van der Waals surface area (Å²) in [6.45, 7) is 11.6. The number of rotatable bonds is 9. The summed E-state index contributed by atoms with van der Waals surface area (Å²) < 4.78 is 5.23. The van der Waals surface area contributed by atoms with Crippen LogP contribution in [0.25, 0.3) is 11.1 Å². The first-order valence-corrected chi connectivity index (χ1v) is 12.1. The minimum Gasteiger partial charge on any atom is -0.497 e. The smallest absolute Gasteiger partial charge is 0.257 e. The Morgan fingerprint density at radius 2 is 1.81 bits per heavy atom. The van der Waals surface area contributed by atoms with Crippen LogP contribution in [0.2, 0.25) is 0 Å². The molecule has 1 heterocycles. The molecule has 0 aromatic heterocycles. The Labute approximate surface area is 196 Å². The molecule has 1 atom stereocenters. The third kappa shape index (κ3) is 6.24. The summed E-state index contributed by atoms with van der Waals surface area (Å²) in [5.41, 5.74) is 3.22. The first kappa shape index (κ1) is 24.1. The molecule has 0 aliphatic carbocycles. The van der Waals surface area contributed by atoms with Gasteiger partial charge in [-0.25, -0.2) is 0 Å². The number of ether oxygens (including phenoxy) is 1. The first-order chi connectivity index (χ1) is 15.5. The molecule has 1 aliphatic heterocycles. The van der Waals surface area contributed by atoms with Crippen LogP contribution in [0.4, 0.5) is 0 Å². The topological polar surface area (TPSA) is 53.9 Å². The average molecular weight is 452 g/mol. The largest absolute Gasteiger partial charge is 0.497 e. The van der Waals surface area contributed by atoms with Crippen LogP contribution in [0.5, 0.6) is 5.75 Å². The summed E-state index contributed by atoms with van der Waals surface area (Å²) in [5, 5.41) is 3.87. The minimum atomic E-state index is -0.114. The minimum absolute atomic E-state index is 0.114. The Kier molecular flexibility index (Phi) is 8.94. The number of likely N-dealkylation sites (N-methyl/N-ethyl adjacent to an activating group) is 1. The molecule has 6 heteroatoms. The summed E-state index contributed by atoms with van der Waals surface area (Å²) in [6, 6.07) is 16.7. The van der Waals surface area contributed by atoms with Crippen molar-refractivity contribution in [3.05, 3.63) is 65.6 Å². The van der Waals surface area contributed by atoms with Crippen molar-refractivity contribution in [3.8, 4) is 16.9 Å². The zero-order valence-corrected chi connectivity index (χ0v) is 20.1. The van der Waals surface area contributed by atoms with E-state index in [2.05, 4.69) is 40.8 Å². The van der Waals surface area contributed by atoms with Gasteiger partial charge in [-0.3, -0.25) is 14.7 Å². The molecule has 0 saturated carbocycles. The van der Waals surface area contributed by atoms with E-state index in [1.54, 1.807) is 7.11 Å². The fourth-order valence-corrected chi connectivity index (χ4v) is 4.78. The summed E-state index contributed by atoms with van der Waals surface area (Å²) in [7, 11) is 1.67. The maximum Gasteiger partial charge on any atom is 0.257 e. The van der Waals surface area contributed by atoms with Crippen LogP contribution in [0.3, 0.4) is 0 Å². The van der Waals surface area contributed by atoms with Gasteiger partial charge in [-0.15, -0.1) is 0 Å². The first-order valence-electron chi connectivity index (χ1n) is 11.2. The lowest BCUT2D eigenvalue weighted by Gasteiger charge is -2.23. The van der Waals surface area contributed by atoms with E-state index in [0.717, 1.165) is 47.0 Å². The summed E-state index contributed by atoms with van der Waals surface area (Å²) >= 11 is 1.34. The molecule has 2 aromatic carbocycles. The van der Waals surface area contributed by atoms with E-state index in [1.165, 1.54) is 18.2 Å². The van der Waals surface area contributed by atoms with Crippen molar-refractivity contribution in [1.29, 1.82) is 0 Å². The second-order valence-electron chi connectivity index (χ2n) is 7.75. The van der Waals surface area contributed by atoms with Gasteiger partial charge in [-0.05, 0) is 56.1 Å². The van der Waals surface area contributed by atoms with E-state index in [9.17, 15) is 4.79 Å². The monoisotopic (exact) mass is 451 g/mol. The number of methoxy groups -OCH3 is 1. The second-order valence-corrected chi connectivity index (χ2v) is 8.83. The molecule has 1 unspecified atom stereocenters. The highest BCUT2D eigenvalue weighted by Crippen LogP contribution is 2.26. The maximum absolute atomic E-state index is 12.6. The van der Waals surface area contributed by atoms with Gasteiger partial charge in [0.2, 0.25) is 0 Å². The molecule has 1 fully saturated rings. The van der Waals surface area contributed by atoms with Crippen LogP contribution in [0.15, 0.2) is 65.0 Å². The van der Waals surface area contributed by atoms with E-state index in [0.29, 0.717) is 24.0 Å². The van der Waals surface area contributed by atoms with Gasteiger partial charge < -0.3 is 10.1 Å². The molecule has 3 rings (SSSR count). The number of hydrogen-bond donors (Lipinski definition) is 1. The van der Waals surface area contributed by atoms with Gasteiger partial charge >= 0.3 is 0 Å². The molecule has 1 N–H and O–H groups in total. The van der Waals surface area contributed by atoms with Crippen molar-refractivity contribution in [2.45, 2.75) is 32.7 Å². The fraction of sp³-hybridized carbons (Fsp3) is 0.385. The lowest BCUT2D eigenvalue weighted by Crippen LogP contribution is -2.40. The van der Waals surface area contributed by atoms with Gasteiger partial charge in [0.25, 0.3) is 5.91 Å². The Morgan fingerprint density at radius 3 is 2.41 bits per heavy atom. The van der Waals surface area contributed by atoms with Crippen molar-refractivity contribution < 1.29 is 9.53 Å². The van der Waals surface area contributed by atoms with Gasteiger partial charge in [0.05, 0.1) is 12.0 Å². The quantitative estimate of drug-likeness (QED) is 0.332. The second kappa shape index (κ2) is 11.9. The lowest BCUT2D eigenvalue weighted by atomic mass is 10.0. The van der Waals surface area contributed by atoms with Crippen LogP contribution in [0.1, 0.15) is 32.3 Å². The van der Waals surface area contributed by atoms with Crippen molar-refractivity contribution in [2.24, 2.45) is 4.99 Å². The molecule has 0 bridgehead atoms. The molecule has 32 heavy (non-hydrogen) atoms. The number of carbonyl (C=O) groups is 1. The molecule has 1 saturated heterocycles. The molecule has 5 nitrogen and oxygen atoms in total. The lowest BCUT2D eigenvalue weighted by molar-refractivity contribution is -0.117. The molecular weight excluding hydrogens is 418 g/mol. The van der Waals surface area contributed by atoms with E-state index in [-0.39, 0.29) is 5.91 Å². The van der Waals surface area contributed by atoms with E-state index < -0.39 is 0 Å². The Hall–Kier alpha value is -2.57. The SMILES string of the molecule is C=C(SC(=NCC)c1ccc(-c2ccc(OC)cc2)cc1)C(=O)NCC1CCCN1CC. The van der Waals surface area contributed by atoms with Gasteiger partial charge in [0.15, 0.2) is 0 Å². The third-order valence-electron chi connectivity index (χ3n) is 5.73. The highest BCUT2D eigenvalue weighted by molar-refractivity contribution is 8.18. The molecule has 0 spiro atoms. The van der Waals surface area contributed by atoms with Crippen LogP contribution >= 0.6 is 11.8 Å². The summed E-state index contributed by atoms with van der Waals surface area (Å²) in [6.07, 6.45) is 2.33. The van der Waals surface area contributed by atoms with E-state index in [1.807, 2.05) is 43.3 Å². The summed E-state index contributed by atoms with van der Waals surface area (Å²) in [5.74, 6) is 0.725. The number of nitrogens with one attached hydrogen (secondary N) is 1. The summed E-state index contributed by atoms with van der Waals surface area (Å²) in [4.78, 5) is 20.2. The predicted octanol–water partition coefficient (Wildman–Crippen LogP) is 4.98. The maximum atomic E-state index is 12.6. The average Bonchev–Trinajstić information content (AvgIpc) is 3.30. The number of aliphatic imine (C=N–C) groups is 1. The van der Waals surface area contributed by atoms with Gasteiger partial charge in [-0.2, -0.15) is 0 Å². The molecule has 1 aliphatic rings. The number of thioether (sulfide) groups is 1. The Balaban J connectivity index is 1.62. The Bertz CT molecular complexity index is 939. The van der Waals surface area contributed by atoms with Crippen molar-refractivity contribution in [1.82, 2.24) is 10.2 Å². The number of hydrogen-bond acceptors (Lipinski definition) is 5. The van der Waals surface area contributed by atoms with Crippen molar-refractivity contribution in [2.75, 3.05) is 33.3 Å². The number of amides is 1. The van der Waals surface area contributed by atoms with Crippen molar-refractivity contribution in [3.63, 3.8) is 0 Å². The molecule has 170 valence electrons. The third-order valence-corrected chi connectivity index (χ3v) is 6.72. The van der Waals surface area contributed by atoms with E-state index in [4.69, 9.17) is 4.74 Å². The highest BCUT2D eigenvalue weighted by atomic mass is 32.2. The van der Waals surface area contributed by atoms with Crippen LogP contribution in [-0.2, 0) is 4.79 Å². The van der Waals surface area contributed by atoms with Crippen LogP contribution in [0, 0.1) is 0 Å². The Morgan fingerprint density at radius 1 is 1.16 bits per heavy atom.